The molecule has 0 amide bonds. The zero-order valence-electron chi connectivity index (χ0n) is 9.06. The van der Waals surface area contributed by atoms with Crippen LogP contribution in [-0.4, -0.2) is 17.1 Å². The van der Waals surface area contributed by atoms with Gasteiger partial charge in [-0.1, -0.05) is 24.3 Å². The number of nitrogens with one attached hydrogen (secondary N) is 1. The van der Waals surface area contributed by atoms with Gasteiger partial charge in [-0.2, -0.15) is 0 Å². The van der Waals surface area contributed by atoms with E-state index in [9.17, 15) is 9.90 Å². The van der Waals surface area contributed by atoms with Gasteiger partial charge in [0.05, 0.1) is 5.69 Å². The standard InChI is InChI=1S/C13H12INO2/c14-10-6-2-5-8-7-3-1-4-9(7)12(13(16)17)15-11(8)10/h1-3,5-7,9,12,15H,4H2,(H,16,17)/t7-,9+,12-/m0/s1. The summed E-state index contributed by atoms with van der Waals surface area (Å²) in [6.45, 7) is 0. The normalized spacial score (nSPS) is 29.4. The summed E-state index contributed by atoms with van der Waals surface area (Å²) in [6, 6.07) is 5.66. The first-order valence-corrected chi connectivity index (χ1v) is 6.71. The van der Waals surface area contributed by atoms with E-state index in [-0.39, 0.29) is 11.8 Å². The van der Waals surface area contributed by atoms with Crippen LogP contribution in [-0.2, 0) is 4.79 Å². The van der Waals surface area contributed by atoms with Crippen LogP contribution >= 0.6 is 22.6 Å². The van der Waals surface area contributed by atoms with Gasteiger partial charge in [0.2, 0.25) is 0 Å². The molecule has 88 valence electrons. The number of carboxylic acid groups (broad SMARTS) is 1. The predicted molar refractivity (Wildman–Crippen MR) is 74.2 cm³/mol. The zero-order chi connectivity index (χ0) is 12.0. The Morgan fingerprint density at radius 1 is 1.47 bits per heavy atom. The molecule has 0 bridgehead atoms. The molecule has 4 heteroatoms. The lowest BCUT2D eigenvalue weighted by atomic mass is 9.79. The van der Waals surface area contributed by atoms with Gasteiger partial charge in [0.15, 0.2) is 0 Å². The number of halogens is 1. The topological polar surface area (TPSA) is 49.3 Å². The number of hydrogen-bond acceptors (Lipinski definition) is 2. The fourth-order valence-corrected chi connectivity index (χ4v) is 3.50. The molecule has 1 aliphatic carbocycles. The molecule has 3 nitrogen and oxygen atoms in total. The van der Waals surface area contributed by atoms with Crippen molar-refractivity contribution in [3.63, 3.8) is 0 Å². The van der Waals surface area contributed by atoms with Gasteiger partial charge in [0, 0.05) is 15.4 Å². The minimum atomic E-state index is -0.756. The maximum Gasteiger partial charge on any atom is 0.326 e. The Morgan fingerprint density at radius 3 is 3.06 bits per heavy atom. The zero-order valence-corrected chi connectivity index (χ0v) is 11.2. The molecule has 0 fully saturated rings. The van der Waals surface area contributed by atoms with E-state index in [4.69, 9.17) is 0 Å². The number of rotatable bonds is 1. The summed E-state index contributed by atoms with van der Waals surface area (Å²) in [5.41, 5.74) is 2.22. The molecular weight excluding hydrogens is 329 g/mol. The molecule has 3 rings (SSSR count). The van der Waals surface area contributed by atoms with Gasteiger partial charge in [-0.15, -0.1) is 0 Å². The van der Waals surface area contributed by atoms with Crippen molar-refractivity contribution in [3.05, 3.63) is 39.5 Å². The molecule has 0 unspecified atom stereocenters. The van der Waals surface area contributed by atoms with Crippen molar-refractivity contribution in [2.24, 2.45) is 5.92 Å². The van der Waals surface area contributed by atoms with Gasteiger partial charge in [0.1, 0.15) is 6.04 Å². The molecule has 0 radical (unpaired) electrons. The van der Waals surface area contributed by atoms with Crippen LogP contribution in [0.5, 0.6) is 0 Å². The molecule has 2 aliphatic rings. The molecule has 0 saturated heterocycles. The van der Waals surface area contributed by atoms with Crippen LogP contribution in [0.3, 0.4) is 0 Å². The van der Waals surface area contributed by atoms with Gasteiger partial charge in [-0.05, 0) is 40.6 Å². The highest BCUT2D eigenvalue weighted by molar-refractivity contribution is 14.1. The average Bonchev–Trinajstić information content (AvgIpc) is 2.77. The number of anilines is 1. The van der Waals surface area contributed by atoms with Crippen molar-refractivity contribution < 1.29 is 9.90 Å². The molecule has 1 aliphatic heterocycles. The van der Waals surface area contributed by atoms with Gasteiger partial charge in [0.25, 0.3) is 0 Å². The van der Waals surface area contributed by atoms with Gasteiger partial charge in [-0.25, -0.2) is 4.79 Å². The van der Waals surface area contributed by atoms with Crippen LogP contribution in [0.15, 0.2) is 30.4 Å². The maximum atomic E-state index is 11.3. The summed E-state index contributed by atoms with van der Waals surface area (Å²) >= 11 is 2.25. The number of carboxylic acids is 1. The Balaban J connectivity index is 2.12. The summed E-state index contributed by atoms with van der Waals surface area (Å²) in [6.07, 6.45) is 5.10. The Bertz CT molecular complexity index is 512. The summed E-state index contributed by atoms with van der Waals surface area (Å²) in [7, 11) is 0. The van der Waals surface area contributed by atoms with Crippen molar-refractivity contribution in [1.29, 1.82) is 0 Å². The van der Waals surface area contributed by atoms with Crippen LogP contribution < -0.4 is 5.32 Å². The largest absolute Gasteiger partial charge is 0.480 e. The van der Waals surface area contributed by atoms with Gasteiger partial charge in [-0.3, -0.25) is 0 Å². The third-order valence-electron chi connectivity index (χ3n) is 3.61. The molecule has 2 N–H and O–H groups in total. The van der Waals surface area contributed by atoms with Crippen LogP contribution in [0.25, 0.3) is 0 Å². The van der Waals surface area contributed by atoms with E-state index < -0.39 is 12.0 Å². The molecule has 0 saturated carbocycles. The molecular formula is C13H12INO2. The smallest absolute Gasteiger partial charge is 0.326 e. The van der Waals surface area contributed by atoms with E-state index in [0.29, 0.717) is 0 Å². The third-order valence-corrected chi connectivity index (χ3v) is 4.51. The molecule has 1 aromatic carbocycles. The van der Waals surface area contributed by atoms with Crippen LogP contribution in [0.1, 0.15) is 17.9 Å². The molecule has 17 heavy (non-hydrogen) atoms. The van der Waals surface area contributed by atoms with Crippen molar-refractivity contribution in [3.8, 4) is 0 Å². The highest BCUT2D eigenvalue weighted by atomic mass is 127. The van der Waals surface area contributed by atoms with Gasteiger partial charge < -0.3 is 10.4 Å². The number of hydrogen-bond donors (Lipinski definition) is 2. The summed E-state index contributed by atoms with van der Waals surface area (Å²) in [5, 5.41) is 12.5. The van der Waals surface area contributed by atoms with Crippen molar-refractivity contribution >= 4 is 34.2 Å². The molecule has 1 aromatic rings. The Kier molecular flexibility index (Phi) is 2.61. The Morgan fingerprint density at radius 2 is 2.29 bits per heavy atom. The Labute approximate surface area is 113 Å². The molecule has 0 aromatic heterocycles. The van der Waals surface area contributed by atoms with E-state index >= 15 is 0 Å². The fraction of sp³-hybridized carbons (Fsp3) is 0.308. The first kappa shape index (κ1) is 11.1. The highest BCUT2D eigenvalue weighted by Gasteiger charge is 2.41. The number of carbonyl (C=O) groups is 1. The lowest BCUT2D eigenvalue weighted by molar-refractivity contribution is -0.139. The lowest BCUT2D eigenvalue weighted by Gasteiger charge is -2.35. The molecule has 0 spiro atoms. The quantitative estimate of drug-likeness (QED) is 0.610. The van der Waals surface area contributed by atoms with Crippen LogP contribution in [0.2, 0.25) is 0 Å². The lowest BCUT2D eigenvalue weighted by Crippen LogP contribution is -2.42. The van der Waals surface area contributed by atoms with E-state index in [1.807, 2.05) is 12.1 Å². The molecule has 3 atom stereocenters. The number of para-hydroxylation sites is 1. The first-order chi connectivity index (χ1) is 8.18. The van der Waals surface area contributed by atoms with E-state index in [1.54, 1.807) is 0 Å². The van der Waals surface area contributed by atoms with Crippen molar-refractivity contribution in [1.82, 2.24) is 0 Å². The summed E-state index contributed by atoms with van der Waals surface area (Å²) < 4.78 is 1.09. The summed E-state index contributed by atoms with van der Waals surface area (Å²) in [4.78, 5) is 11.3. The predicted octanol–water partition coefficient (Wildman–Crippen LogP) is 2.83. The Hall–Kier alpha value is -1.04. The van der Waals surface area contributed by atoms with Crippen LogP contribution in [0, 0.1) is 9.49 Å². The SMILES string of the molecule is O=C(O)[C@H]1Nc2c(I)cccc2[C@@H]2C=CC[C@@H]12. The number of benzene rings is 1. The van der Waals surface area contributed by atoms with E-state index in [2.05, 4.69) is 46.1 Å². The third kappa shape index (κ3) is 1.66. The second-order valence-corrected chi connectivity index (χ2v) is 5.68. The van der Waals surface area contributed by atoms with E-state index in [0.717, 1.165) is 15.7 Å². The minimum absolute atomic E-state index is 0.151. The highest BCUT2D eigenvalue weighted by Crippen LogP contribution is 2.45. The number of aliphatic carboxylic acids is 1. The van der Waals surface area contributed by atoms with Gasteiger partial charge >= 0.3 is 5.97 Å². The monoisotopic (exact) mass is 341 g/mol. The average molecular weight is 341 g/mol. The number of fused-ring (bicyclic) bond motifs is 3. The van der Waals surface area contributed by atoms with Crippen LogP contribution in [0.4, 0.5) is 5.69 Å². The second kappa shape index (κ2) is 4.01. The number of allylic oxidation sites excluding steroid dienone is 2. The fourth-order valence-electron chi connectivity index (χ4n) is 2.83. The minimum Gasteiger partial charge on any atom is -0.480 e. The molecule has 1 heterocycles. The maximum absolute atomic E-state index is 11.3. The summed E-state index contributed by atoms with van der Waals surface area (Å²) in [5.74, 6) is -0.353. The van der Waals surface area contributed by atoms with Crippen molar-refractivity contribution in [2.75, 3.05) is 5.32 Å². The van der Waals surface area contributed by atoms with E-state index in [1.165, 1.54) is 5.56 Å². The second-order valence-electron chi connectivity index (χ2n) is 4.52. The first-order valence-electron chi connectivity index (χ1n) is 5.63. The van der Waals surface area contributed by atoms with Crippen molar-refractivity contribution in [2.45, 2.75) is 18.4 Å².